The number of carbonyl (C=O) groups is 1. The number of aromatic nitrogens is 3. The molecule has 11 nitrogen and oxygen atoms in total. The van der Waals surface area contributed by atoms with Crippen molar-refractivity contribution in [3.8, 4) is 5.75 Å². The van der Waals surface area contributed by atoms with Crippen molar-refractivity contribution < 1.29 is 28.1 Å². The largest absolute Gasteiger partial charge is 0.487 e. The number of nitrogens with zero attached hydrogens (tertiary/aromatic N) is 4. The van der Waals surface area contributed by atoms with Gasteiger partial charge in [-0.3, -0.25) is 18.6 Å². The first-order chi connectivity index (χ1) is 21.0. The maximum absolute atomic E-state index is 13.0. The summed E-state index contributed by atoms with van der Waals surface area (Å²) in [5.74, 6) is 0.645. The van der Waals surface area contributed by atoms with Crippen molar-refractivity contribution in [3.63, 3.8) is 0 Å². The average molecular weight is 628 g/mol. The van der Waals surface area contributed by atoms with Gasteiger partial charge in [0.25, 0.3) is 0 Å². The zero-order valence-electron chi connectivity index (χ0n) is 26.2. The Kier molecular flexibility index (Phi) is 9.98. The zero-order valence-corrected chi connectivity index (χ0v) is 27.0. The van der Waals surface area contributed by atoms with Crippen LogP contribution in [-0.2, 0) is 34.0 Å². The standard InChI is InChI=1S/C32H45N5O6S/c1-22-10-11-25(16-26(22)19-37-17-23(2)43-28-8-6-7-9-29(28)44(37,39)40)30(32(3,4)31(38)41-5)42-21-27-20-36(35-34-27)18-24-12-14-33-15-13-24/h6-11,16,20,23-24,30,33,39-40H,12-15,17-19,21H2,1-5H3. The van der Waals surface area contributed by atoms with Crippen molar-refractivity contribution in [1.29, 1.82) is 0 Å². The van der Waals surface area contributed by atoms with Crippen LogP contribution in [0, 0.1) is 18.3 Å². The van der Waals surface area contributed by atoms with E-state index in [4.69, 9.17) is 14.2 Å². The highest BCUT2D eigenvalue weighted by Gasteiger charge is 2.41. The van der Waals surface area contributed by atoms with E-state index in [0.717, 1.165) is 49.2 Å². The molecule has 3 N–H and O–H groups in total. The number of hydrogen-bond acceptors (Lipinski definition) is 10. The minimum absolute atomic E-state index is 0.166. The predicted molar refractivity (Wildman–Crippen MR) is 168 cm³/mol. The van der Waals surface area contributed by atoms with Crippen LogP contribution in [0.15, 0.2) is 53.6 Å². The molecule has 0 saturated carbocycles. The fourth-order valence-corrected chi connectivity index (χ4v) is 7.67. The third-order valence-corrected chi connectivity index (χ3v) is 10.5. The molecule has 5 rings (SSSR count). The molecule has 0 amide bonds. The van der Waals surface area contributed by atoms with E-state index in [1.54, 1.807) is 36.4 Å². The van der Waals surface area contributed by atoms with E-state index in [0.29, 0.717) is 28.8 Å². The van der Waals surface area contributed by atoms with Gasteiger partial charge in [0.1, 0.15) is 22.4 Å². The molecule has 1 saturated heterocycles. The molecule has 0 radical (unpaired) electrons. The zero-order chi connectivity index (χ0) is 31.5. The maximum Gasteiger partial charge on any atom is 0.314 e. The number of piperidine rings is 1. The van der Waals surface area contributed by atoms with Crippen LogP contribution in [0.25, 0.3) is 0 Å². The van der Waals surface area contributed by atoms with Gasteiger partial charge in [-0.05, 0) is 88.4 Å². The number of aryl methyl sites for hydroxylation is 1. The van der Waals surface area contributed by atoms with Crippen LogP contribution in [0.4, 0.5) is 0 Å². The number of nitrogens with one attached hydrogen (secondary N) is 1. The van der Waals surface area contributed by atoms with E-state index in [1.165, 1.54) is 7.11 Å². The second-order valence-electron chi connectivity index (χ2n) is 12.4. The fourth-order valence-electron chi connectivity index (χ4n) is 6.01. The molecule has 0 aliphatic carbocycles. The number of rotatable bonds is 10. The third-order valence-electron chi connectivity index (χ3n) is 8.57. The average Bonchev–Trinajstić information content (AvgIpc) is 3.41. The summed E-state index contributed by atoms with van der Waals surface area (Å²) in [5.41, 5.74) is 2.29. The highest BCUT2D eigenvalue weighted by atomic mass is 32.3. The van der Waals surface area contributed by atoms with Gasteiger partial charge in [0.15, 0.2) is 0 Å². The topological polar surface area (TPSA) is 131 Å². The number of fused-ring (bicyclic) bond motifs is 1. The minimum atomic E-state index is -3.32. The monoisotopic (exact) mass is 627 g/mol. The lowest BCUT2D eigenvalue weighted by atomic mass is 9.81. The summed E-state index contributed by atoms with van der Waals surface area (Å²) in [5, 5.41) is 12.1. The molecule has 1 fully saturated rings. The first kappa shape index (κ1) is 32.4. The molecule has 2 aliphatic rings. The van der Waals surface area contributed by atoms with Crippen molar-refractivity contribution in [2.24, 2.45) is 11.3 Å². The molecule has 1 aromatic heterocycles. The normalized spacial score (nSPS) is 20.7. The van der Waals surface area contributed by atoms with Gasteiger partial charge in [0.2, 0.25) is 0 Å². The Morgan fingerprint density at radius 1 is 1.20 bits per heavy atom. The second kappa shape index (κ2) is 13.6. The second-order valence-corrected chi connectivity index (χ2v) is 14.4. The van der Waals surface area contributed by atoms with Gasteiger partial charge >= 0.3 is 5.97 Å². The van der Waals surface area contributed by atoms with Crippen molar-refractivity contribution >= 4 is 16.7 Å². The molecule has 2 aromatic carbocycles. The molecule has 2 atom stereocenters. The lowest BCUT2D eigenvalue weighted by Gasteiger charge is -2.42. The molecule has 2 unspecified atom stereocenters. The maximum atomic E-state index is 13.0. The third kappa shape index (κ3) is 7.11. The summed E-state index contributed by atoms with van der Waals surface area (Å²) < 4.78 is 44.1. The van der Waals surface area contributed by atoms with Crippen molar-refractivity contribution in [2.75, 3.05) is 26.7 Å². The Morgan fingerprint density at radius 3 is 2.70 bits per heavy atom. The fraction of sp³-hybridized carbons (Fsp3) is 0.531. The quantitative estimate of drug-likeness (QED) is 0.253. The lowest BCUT2D eigenvalue weighted by molar-refractivity contribution is -0.162. The number of esters is 1. The number of benzene rings is 2. The molecule has 44 heavy (non-hydrogen) atoms. The summed E-state index contributed by atoms with van der Waals surface area (Å²) >= 11 is 0. The van der Waals surface area contributed by atoms with Crippen LogP contribution < -0.4 is 10.1 Å². The molecular formula is C32H45N5O6S. The molecule has 3 heterocycles. The predicted octanol–water partition coefficient (Wildman–Crippen LogP) is 5.35. The number of hydrogen-bond donors (Lipinski definition) is 3. The van der Waals surface area contributed by atoms with Crippen LogP contribution in [0.3, 0.4) is 0 Å². The van der Waals surface area contributed by atoms with Crippen LogP contribution >= 0.6 is 10.8 Å². The molecule has 3 aromatic rings. The summed E-state index contributed by atoms with van der Waals surface area (Å²) in [4.78, 5) is 13.4. The number of para-hydroxylation sites is 1. The number of methoxy groups -OCH3 is 1. The Balaban J connectivity index is 1.39. The molecule has 240 valence electrons. The Labute approximate surface area is 261 Å². The van der Waals surface area contributed by atoms with E-state index in [2.05, 4.69) is 15.6 Å². The van der Waals surface area contributed by atoms with Gasteiger partial charge < -0.3 is 19.5 Å². The number of carbonyl (C=O) groups excluding carboxylic acids is 1. The SMILES string of the molecule is COC(=O)C(C)(C)C(OCc1cn(CC2CCNCC2)nn1)c1ccc(C)c(CN2CC(C)Oc3ccccc3S2(O)O)c1. The number of ether oxygens (including phenoxy) is 3. The molecular weight excluding hydrogens is 582 g/mol. The van der Waals surface area contributed by atoms with Crippen molar-refractivity contribution in [1.82, 2.24) is 24.6 Å². The van der Waals surface area contributed by atoms with Gasteiger partial charge in [0, 0.05) is 13.1 Å². The van der Waals surface area contributed by atoms with Gasteiger partial charge in [-0.1, -0.05) is 35.5 Å². The molecule has 0 spiro atoms. The Bertz CT molecular complexity index is 1440. The van der Waals surface area contributed by atoms with E-state index in [1.807, 2.05) is 49.0 Å². The van der Waals surface area contributed by atoms with E-state index in [9.17, 15) is 13.9 Å². The minimum Gasteiger partial charge on any atom is -0.487 e. The Hall–Kier alpha value is -3.00. The van der Waals surface area contributed by atoms with Gasteiger partial charge in [0.05, 0.1) is 38.0 Å². The molecule has 0 bridgehead atoms. The summed E-state index contributed by atoms with van der Waals surface area (Å²) in [6.07, 6.45) is 3.21. The van der Waals surface area contributed by atoms with Crippen molar-refractivity contribution in [2.45, 2.75) is 77.3 Å². The van der Waals surface area contributed by atoms with E-state index >= 15 is 0 Å². The van der Waals surface area contributed by atoms with Gasteiger partial charge in [-0.25, -0.2) is 0 Å². The smallest absolute Gasteiger partial charge is 0.314 e. The highest BCUT2D eigenvalue weighted by molar-refractivity contribution is 8.22. The summed E-state index contributed by atoms with van der Waals surface area (Å²) in [7, 11) is -1.94. The highest BCUT2D eigenvalue weighted by Crippen LogP contribution is 2.57. The first-order valence-electron chi connectivity index (χ1n) is 15.2. The van der Waals surface area contributed by atoms with Crippen LogP contribution in [-0.4, -0.2) is 67.2 Å². The lowest BCUT2D eigenvalue weighted by Crippen LogP contribution is -2.35. The molecule has 2 aliphatic heterocycles. The van der Waals surface area contributed by atoms with Crippen LogP contribution in [0.2, 0.25) is 0 Å². The Morgan fingerprint density at radius 2 is 1.95 bits per heavy atom. The first-order valence-corrected chi connectivity index (χ1v) is 16.7. The van der Waals surface area contributed by atoms with E-state index in [-0.39, 0.29) is 19.3 Å². The summed E-state index contributed by atoms with van der Waals surface area (Å²) in [6.45, 7) is 11.1. The van der Waals surface area contributed by atoms with Crippen LogP contribution in [0.1, 0.15) is 62.1 Å². The van der Waals surface area contributed by atoms with Crippen LogP contribution in [0.5, 0.6) is 5.75 Å². The summed E-state index contributed by atoms with van der Waals surface area (Å²) in [6, 6.07) is 13.0. The van der Waals surface area contributed by atoms with Gasteiger partial charge in [-0.15, -0.1) is 15.9 Å². The molecule has 12 heteroatoms. The van der Waals surface area contributed by atoms with E-state index < -0.39 is 28.3 Å². The van der Waals surface area contributed by atoms with Gasteiger partial charge in [-0.2, -0.15) is 4.31 Å². The van der Waals surface area contributed by atoms with Crippen molar-refractivity contribution in [3.05, 3.63) is 71.0 Å².